The van der Waals surface area contributed by atoms with Crippen LogP contribution in [0.1, 0.15) is 16.7 Å². The zero-order valence-electron chi connectivity index (χ0n) is 19.2. The largest absolute Gasteiger partial charge is 0.490 e. The average molecular weight is 496 g/mol. The summed E-state index contributed by atoms with van der Waals surface area (Å²) in [6.07, 6.45) is 3.06. The Morgan fingerprint density at radius 1 is 1.09 bits per heavy atom. The summed E-state index contributed by atoms with van der Waals surface area (Å²) in [7, 11) is -4.08. The second-order valence-corrected chi connectivity index (χ2v) is 9.58. The monoisotopic (exact) mass is 495 g/mol. The van der Waals surface area contributed by atoms with E-state index in [0.29, 0.717) is 17.9 Å². The van der Waals surface area contributed by atoms with Crippen molar-refractivity contribution in [1.29, 1.82) is 0 Å². The molecule has 35 heavy (non-hydrogen) atoms. The molecule has 0 atom stereocenters. The van der Waals surface area contributed by atoms with Crippen molar-refractivity contribution in [2.75, 3.05) is 13.2 Å². The smallest absolute Gasteiger partial charge is 0.255 e. The summed E-state index contributed by atoms with van der Waals surface area (Å²) < 4.78 is 47.1. The minimum absolute atomic E-state index is 0.00880. The molecule has 3 aromatic carbocycles. The van der Waals surface area contributed by atoms with E-state index in [1.54, 1.807) is 48.5 Å². The van der Waals surface area contributed by atoms with Crippen molar-refractivity contribution in [2.24, 2.45) is 5.10 Å². The molecule has 0 aliphatic heterocycles. The lowest BCUT2D eigenvalue weighted by Crippen LogP contribution is -2.39. The van der Waals surface area contributed by atoms with Crippen molar-refractivity contribution in [1.82, 2.24) is 9.73 Å². The highest BCUT2D eigenvalue weighted by Gasteiger charge is 2.27. The number of nitrogens with one attached hydrogen (secondary N) is 1. The van der Waals surface area contributed by atoms with E-state index in [2.05, 4.69) is 17.1 Å². The molecular formula is C26H26FN3O4S. The molecule has 0 fully saturated rings. The van der Waals surface area contributed by atoms with Crippen LogP contribution in [-0.4, -0.2) is 38.0 Å². The van der Waals surface area contributed by atoms with E-state index in [4.69, 9.17) is 4.74 Å². The maximum Gasteiger partial charge on any atom is 0.255 e. The molecule has 3 rings (SSSR count). The van der Waals surface area contributed by atoms with Gasteiger partial charge in [0.2, 0.25) is 10.0 Å². The average Bonchev–Trinajstić information content (AvgIpc) is 2.84. The first-order chi connectivity index (χ1) is 16.8. The topological polar surface area (TPSA) is 88.1 Å². The second kappa shape index (κ2) is 12.0. The molecule has 0 aliphatic rings. The molecule has 9 heteroatoms. The van der Waals surface area contributed by atoms with E-state index >= 15 is 0 Å². The van der Waals surface area contributed by atoms with Gasteiger partial charge in [0.15, 0.2) is 0 Å². The lowest BCUT2D eigenvalue weighted by Gasteiger charge is -2.22. The third kappa shape index (κ3) is 7.33. The highest BCUT2D eigenvalue weighted by molar-refractivity contribution is 7.89. The third-order valence-electron chi connectivity index (χ3n) is 4.93. The summed E-state index contributed by atoms with van der Waals surface area (Å²) in [6, 6.07) is 19.1. The molecule has 0 bridgehead atoms. The summed E-state index contributed by atoms with van der Waals surface area (Å²) in [5.74, 6) is -0.564. The van der Waals surface area contributed by atoms with E-state index in [1.165, 1.54) is 36.5 Å². The van der Waals surface area contributed by atoms with Crippen LogP contribution in [0.15, 0.2) is 95.4 Å². The number of rotatable bonds is 11. The summed E-state index contributed by atoms with van der Waals surface area (Å²) in [6.45, 7) is 4.95. The molecule has 0 spiro atoms. The Kier molecular flexibility index (Phi) is 8.88. The lowest BCUT2D eigenvalue weighted by molar-refractivity contribution is -0.121. The number of nitrogens with zero attached hydrogens (tertiary/aromatic N) is 2. The Labute approximate surface area is 204 Å². The van der Waals surface area contributed by atoms with E-state index in [9.17, 15) is 17.6 Å². The number of hydrogen-bond donors (Lipinski definition) is 1. The van der Waals surface area contributed by atoms with Gasteiger partial charge in [0.1, 0.15) is 18.2 Å². The molecule has 0 heterocycles. The summed E-state index contributed by atoms with van der Waals surface area (Å²) in [5.41, 5.74) is 4.07. The normalized spacial score (nSPS) is 11.5. The van der Waals surface area contributed by atoms with Gasteiger partial charge in [-0.25, -0.2) is 18.2 Å². The fraction of sp³-hybridized carbons (Fsp3) is 0.154. The van der Waals surface area contributed by atoms with Gasteiger partial charge in [-0.3, -0.25) is 4.79 Å². The fourth-order valence-electron chi connectivity index (χ4n) is 3.08. The molecule has 0 aromatic heterocycles. The van der Waals surface area contributed by atoms with Crippen LogP contribution in [0.25, 0.3) is 0 Å². The third-order valence-corrected chi connectivity index (χ3v) is 6.74. The predicted octanol–water partition coefficient (Wildman–Crippen LogP) is 4.04. The minimum atomic E-state index is -4.08. The zero-order chi connectivity index (χ0) is 25.3. The number of amides is 1. The molecule has 3 aromatic rings. The molecule has 1 amide bonds. The summed E-state index contributed by atoms with van der Waals surface area (Å²) in [5, 5.41) is 3.90. The quantitative estimate of drug-likeness (QED) is 0.247. The molecule has 182 valence electrons. The van der Waals surface area contributed by atoms with Crippen LogP contribution in [0.2, 0.25) is 0 Å². The number of carbonyl (C=O) groups is 1. The Morgan fingerprint density at radius 2 is 1.77 bits per heavy atom. The predicted molar refractivity (Wildman–Crippen MR) is 133 cm³/mol. The standard InChI is InChI=1S/C26H26FN3O4S/c1-3-16-34-23-12-10-21(11-13-23)17-28-29-26(31)19-30(18-22-6-4-5-7-25(22)27)35(32,33)24-14-8-20(2)9-15-24/h3-15,17H,1,16,18-19H2,2H3,(H,29,31)/b28-17-. The Morgan fingerprint density at radius 3 is 2.43 bits per heavy atom. The molecule has 0 unspecified atom stereocenters. The SMILES string of the molecule is C=CCOc1ccc(/C=N\NC(=O)CN(Cc2ccccc2F)S(=O)(=O)c2ccc(C)cc2)cc1. The van der Waals surface area contributed by atoms with Crippen molar-refractivity contribution in [2.45, 2.75) is 18.4 Å². The number of ether oxygens (including phenoxy) is 1. The number of aryl methyl sites for hydroxylation is 1. The molecule has 1 N–H and O–H groups in total. The molecule has 7 nitrogen and oxygen atoms in total. The maximum absolute atomic E-state index is 14.3. The Balaban J connectivity index is 1.73. The van der Waals surface area contributed by atoms with Crippen molar-refractivity contribution in [3.05, 3.63) is 108 Å². The van der Waals surface area contributed by atoms with Gasteiger partial charge in [0, 0.05) is 12.1 Å². The molecule has 0 aliphatic carbocycles. The first-order valence-corrected chi connectivity index (χ1v) is 12.2. The van der Waals surface area contributed by atoms with E-state index < -0.39 is 28.3 Å². The number of hydrogen-bond acceptors (Lipinski definition) is 5. The van der Waals surface area contributed by atoms with Crippen molar-refractivity contribution < 1.29 is 22.3 Å². The summed E-state index contributed by atoms with van der Waals surface area (Å²) in [4.78, 5) is 12.6. The van der Waals surface area contributed by atoms with Crippen molar-refractivity contribution in [3.8, 4) is 5.75 Å². The van der Waals surface area contributed by atoms with E-state index in [-0.39, 0.29) is 17.0 Å². The van der Waals surface area contributed by atoms with Gasteiger partial charge in [0.05, 0.1) is 17.7 Å². The first-order valence-electron chi connectivity index (χ1n) is 10.8. The lowest BCUT2D eigenvalue weighted by atomic mass is 10.2. The molecule has 0 radical (unpaired) electrons. The number of hydrazone groups is 1. The highest BCUT2D eigenvalue weighted by Crippen LogP contribution is 2.20. The number of benzene rings is 3. The van der Waals surface area contributed by atoms with Gasteiger partial charge < -0.3 is 4.74 Å². The van der Waals surface area contributed by atoms with Gasteiger partial charge in [-0.1, -0.05) is 48.6 Å². The van der Waals surface area contributed by atoms with Crippen molar-refractivity contribution in [3.63, 3.8) is 0 Å². The molecule has 0 saturated heterocycles. The summed E-state index contributed by atoms with van der Waals surface area (Å²) >= 11 is 0. The molecule has 0 saturated carbocycles. The Bertz CT molecular complexity index is 1290. The van der Waals surface area contributed by atoms with Gasteiger partial charge in [-0.2, -0.15) is 9.41 Å². The first kappa shape index (κ1) is 25.8. The van der Waals surface area contributed by atoms with Crippen LogP contribution >= 0.6 is 0 Å². The highest BCUT2D eigenvalue weighted by atomic mass is 32.2. The van der Waals surface area contributed by atoms with E-state index in [0.717, 1.165) is 9.87 Å². The van der Waals surface area contributed by atoms with E-state index in [1.807, 2.05) is 6.92 Å². The van der Waals surface area contributed by atoms with Gasteiger partial charge in [0.25, 0.3) is 5.91 Å². The van der Waals surface area contributed by atoms with Gasteiger partial charge >= 0.3 is 0 Å². The van der Waals surface area contributed by atoms with Crippen LogP contribution in [0.5, 0.6) is 5.75 Å². The van der Waals surface area contributed by atoms with Crippen LogP contribution < -0.4 is 10.2 Å². The maximum atomic E-state index is 14.3. The van der Waals surface area contributed by atoms with Crippen LogP contribution in [0.4, 0.5) is 4.39 Å². The Hall–Kier alpha value is -3.82. The number of sulfonamides is 1. The minimum Gasteiger partial charge on any atom is -0.490 e. The zero-order valence-corrected chi connectivity index (χ0v) is 20.0. The second-order valence-electron chi connectivity index (χ2n) is 7.64. The number of carbonyl (C=O) groups excluding carboxylic acids is 1. The van der Waals surface area contributed by atoms with Gasteiger partial charge in [-0.05, 0) is 55.0 Å². The van der Waals surface area contributed by atoms with Gasteiger partial charge in [-0.15, -0.1) is 0 Å². The fourth-order valence-corrected chi connectivity index (χ4v) is 4.46. The van der Waals surface area contributed by atoms with Crippen LogP contribution in [-0.2, 0) is 21.4 Å². The number of halogens is 1. The molecular weight excluding hydrogens is 469 g/mol. The van der Waals surface area contributed by atoms with Crippen LogP contribution in [0.3, 0.4) is 0 Å². The van der Waals surface area contributed by atoms with Crippen molar-refractivity contribution >= 4 is 22.1 Å². The van der Waals surface area contributed by atoms with Crippen LogP contribution in [0, 0.1) is 12.7 Å².